The highest BCUT2D eigenvalue weighted by Gasteiger charge is 2.13. The van der Waals surface area contributed by atoms with Crippen LogP contribution in [0.2, 0.25) is 0 Å². The molecular formula is C21H18FN3OS2. The SMILES string of the molecule is CSc1cccc(NC(=O)CCc2csc3nc(-c4ccccc4F)cn23)c1. The lowest BCUT2D eigenvalue weighted by atomic mass is 10.1. The van der Waals surface area contributed by atoms with Gasteiger partial charge >= 0.3 is 0 Å². The summed E-state index contributed by atoms with van der Waals surface area (Å²) in [5.41, 5.74) is 2.88. The lowest BCUT2D eigenvalue weighted by Crippen LogP contribution is -2.12. The first kappa shape index (κ1) is 18.7. The fraction of sp³-hybridized carbons (Fsp3) is 0.143. The van der Waals surface area contributed by atoms with Crippen molar-refractivity contribution in [2.45, 2.75) is 17.7 Å². The summed E-state index contributed by atoms with van der Waals surface area (Å²) in [5, 5.41) is 4.94. The molecule has 1 N–H and O–H groups in total. The molecule has 2 aromatic heterocycles. The number of thiazole rings is 1. The predicted octanol–water partition coefficient (Wildman–Crippen LogP) is 5.50. The Kier molecular flexibility index (Phi) is 5.45. The van der Waals surface area contributed by atoms with Crippen molar-refractivity contribution in [3.05, 3.63) is 71.6 Å². The van der Waals surface area contributed by atoms with Gasteiger partial charge in [0.2, 0.25) is 5.91 Å². The monoisotopic (exact) mass is 411 g/mol. The van der Waals surface area contributed by atoms with Crippen molar-refractivity contribution >= 4 is 39.7 Å². The number of benzene rings is 2. The van der Waals surface area contributed by atoms with Crippen molar-refractivity contribution in [3.8, 4) is 11.3 Å². The van der Waals surface area contributed by atoms with Crippen LogP contribution in [0.1, 0.15) is 12.1 Å². The molecule has 0 aliphatic rings. The first-order valence-electron chi connectivity index (χ1n) is 8.78. The molecule has 0 saturated carbocycles. The number of thioether (sulfide) groups is 1. The van der Waals surface area contributed by atoms with Crippen LogP contribution in [0.4, 0.5) is 10.1 Å². The maximum atomic E-state index is 14.0. The standard InChI is InChI=1S/C21H18FN3OS2/c1-27-16-6-4-5-14(11-16)23-20(26)10-9-15-13-28-21-24-19(12-25(15)21)17-7-2-3-8-18(17)22/h2-8,11-13H,9-10H2,1H3,(H,23,26). The van der Waals surface area contributed by atoms with Crippen LogP contribution in [0, 0.1) is 5.82 Å². The van der Waals surface area contributed by atoms with Gasteiger partial charge in [0.15, 0.2) is 4.96 Å². The Morgan fingerprint density at radius 3 is 2.93 bits per heavy atom. The molecule has 0 unspecified atom stereocenters. The number of anilines is 1. The van der Waals surface area contributed by atoms with Gasteiger partial charge in [0.1, 0.15) is 5.82 Å². The number of aromatic nitrogens is 2. The molecule has 7 heteroatoms. The Morgan fingerprint density at radius 1 is 1.25 bits per heavy atom. The van der Waals surface area contributed by atoms with E-state index in [1.165, 1.54) is 17.4 Å². The maximum absolute atomic E-state index is 14.0. The fourth-order valence-corrected chi connectivity index (χ4v) is 4.34. The molecule has 142 valence electrons. The number of imidazole rings is 1. The number of nitrogens with zero attached hydrogens (tertiary/aromatic N) is 2. The Balaban J connectivity index is 1.46. The molecular weight excluding hydrogens is 393 g/mol. The minimum atomic E-state index is -0.290. The normalized spacial score (nSPS) is 11.1. The van der Waals surface area contributed by atoms with E-state index in [2.05, 4.69) is 10.3 Å². The highest BCUT2D eigenvalue weighted by Crippen LogP contribution is 2.26. The molecule has 0 aliphatic carbocycles. The van der Waals surface area contributed by atoms with Crippen molar-refractivity contribution < 1.29 is 9.18 Å². The van der Waals surface area contributed by atoms with Gasteiger partial charge in [0.05, 0.1) is 5.69 Å². The number of halogens is 1. The van der Waals surface area contributed by atoms with Gasteiger partial charge in [-0.1, -0.05) is 18.2 Å². The topological polar surface area (TPSA) is 46.4 Å². The number of rotatable bonds is 6. The number of nitrogens with one attached hydrogen (secondary N) is 1. The lowest BCUT2D eigenvalue weighted by molar-refractivity contribution is -0.116. The van der Waals surface area contributed by atoms with E-state index in [1.54, 1.807) is 30.0 Å². The van der Waals surface area contributed by atoms with Gasteiger partial charge in [-0.2, -0.15) is 0 Å². The molecule has 4 aromatic rings. The first-order valence-corrected chi connectivity index (χ1v) is 10.9. The third-order valence-corrected chi connectivity index (χ3v) is 6.01. The summed E-state index contributed by atoms with van der Waals surface area (Å²) in [6, 6.07) is 14.4. The van der Waals surface area contributed by atoms with E-state index in [0.29, 0.717) is 24.1 Å². The van der Waals surface area contributed by atoms with Crippen LogP contribution in [0.15, 0.2) is 65.0 Å². The summed E-state index contributed by atoms with van der Waals surface area (Å²) >= 11 is 3.13. The quantitative estimate of drug-likeness (QED) is 0.427. The van der Waals surface area contributed by atoms with Crippen LogP contribution in [-0.2, 0) is 11.2 Å². The fourth-order valence-electron chi connectivity index (χ4n) is 2.97. The third-order valence-electron chi connectivity index (χ3n) is 4.39. The summed E-state index contributed by atoms with van der Waals surface area (Å²) in [4.78, 5) is 18.7. The minimum absolute atomic E-state index is 0.0351. The summed E-state index contributed by atoms with van der Waals surface area (Å²) in [6.07, 6.45) is 4.78. The van der Waals surface area contributed by atoms with Gasteiger partial charge in [-0.3, -0.25) is 9.20 Å². The number of carbonyl (C=O) groups is 1. The molecule has 4 rings (SSSR count). The molecule has 28 heavy (non-hydrogen) atoms. The van der Waals surface area contributed by atoms with Crippen LogP contribution < -0.4 is 5.32 Å². The largest absolute Gasteiger partial charge is 0.326 e. The van der Waals surface area contributed by atoms with Gasteiger partial charge < -0.3 is 5.32 Å². The van der Waals surface area contributed by atoms with Crippen LogP contribution in [0.5, 0.6) is 0 Å². The smallest absolute Gasteiger partial charge is 0.224 e. The molecule has 0 aliphatic heterocycles. The molecule has 0 fully saturated rings. The second-order valence-electron chi connectivity index (χ2n) is 6.27. The minimum Gasteiger partial charge on any atom is -0.326 e. The number of carbonyl (C=O) groups excluding carboxylic acids is 1. The van der Waals surface area contributed by atoms with Crippen LogP contribution >= 0.6 is 23.1 Å². The number of aryl methyl sites for hydroxylation is 1. The number of amides is 1. The number of fused-ring (bicyclic) bond motifs is 1. The summed E-state index contributed by atoms with van der Waals surface area (Å²) in [5.74, 6) is -0.325. The van der Waals surface area contributed by atoms with Gasteiger partial charge in [-0.15, -0.1) is 23.1 Å². The van der Waals surface area contributed by atoms with Crippen molar-refractivity contribution in [1.29, 1.82) is 0 Å². The van der Waals surface area contributed by atoms with Crippen molar-refractivity contribution in [2.75, 3.05) is 11.6 Å². The Morgan fingerprint density at radius 2 is 2.11 bits per heavy atom. The first-order chi connectivity index (χ1) is 13.6. The van der Waals surface area contributed by atoms with E-state index in [0.717, 1.165) is 21.2 Å². The van der Waals surface area contributed by atoms with Crippen molar-refractivity contribution in [3.63, 3.8) is 0 Å². The molecule has 1 amide bonds. The van der Waals surface area contributed by atoms with Crippen LogP contribution in [0.3, 0.4) is 0 Å². The molecule has 0 saturated heterocycles. The Bertz CT molecular complexity index is 1140. The highest BCUT2D eigenvalue weighted by molar-refractivity contribution is 7.98. The summed E-state index contributed by atoms with van der Waals surface area (Å²) < 4.78 is 16.0. The molecule has 0 atom stereocenters. The lowest BCUT2D eigenvalue weighted by Gasteiger charge is -2.06. The Hall–Kier alpha value is -2.64. The number of hydrogen-bond donors (Lipinski definition) is 1. The highest BCUT2D eigenvalue weighted by atomic mass is 32.2. The van der Waals surface area contributed by atoms with E-state index in [9.17, 15) is 9.18 Å². The van der Waals surface area contributed by atoms with Gasteiger partial charge in [-0.05, 0) is 43.0 Å². The Labute approximate surface area is 170 Å². The average molecular weight is 412 g/mol. The second kappa shape index (κ2) is 8.16. The zero-order valence-electron chi connectivity index (χ0n) is 15.2. The molecule has 0 bridgehead atoms. The van der Waals surface area contributed by atoms with Gasteiger partial charge in [0, 0.05) is 39.8 Å². The third kappa shape index (κ3) is 3.95. The van der Waals surface area contributed by atoms with Gasteiger partial charge in [0.25, 0.3) is 0 Å². The second-order valence-corrected chi connectivity index (χ2v) is 7.98. The van der Waals surface area contributed by atoms with E-state index in [-0.39, 0.29) is 11.7 Å². The van der Waals surface area contributed by atoms with Crippen LogP contribution in [-0.4, -0.2) is 21.5 Å². The molecule has 2 heterocycles. The molecule has 0 spiro atoms. The molecule has 0 radical (unpaired) electrons. The van der Waals surface area contributed by atoms with E-state index in [4.69, 9.17) is 0 Å². The van der Waals surface area contributed by atoms with Crippen molar-refractivity contribution in [1.82, 2.24) is 9.38 Å². The van der Waals surface area contributed by atoms with Crippen molar-refractivity contribution in [2.24, 2.45) is 0 Å². The zero-order chi connectivity index (χ0) is 19.5. The van der Waals surface area contributed by atoms with Crippen LogP contribution in [0.25, 0.3) is 16.2 Å². The molecule has 2 aromatic carbocycles. The molecule has 4 nitrogen and oxygen atoms in total. The zero-order valence-corrected chi connectivity index (χ0v) is 16.8. The maximum Gasteiger partial charge on any atom is 0.224 e. The van der Waals surface area contributed by atoms with E-state index >= 15 is 0 Å². The van der Waals surface area contributed by atoms with Gasteiger partial charge in [-0.25, -0.2) is 9.37 Å². The van der Waals surface area contributed by atoms with E-state index in [1.807, 2.05) is 46.5 Å². The van der Waals surface area contributed by atoms with E-state index < -0.39 is 0 Å². The average Bonchev–Trinajstić information content (AvgIpc) is 3.28. The summed E-state index contributed by atoms with van der Waals surface area (Å²) in [7, 11) is 0. The summed E-state index contributed by atoms with van der Waals surface area (Å²) in [6.45, 7) is 0. The number of hydrogen-bond acceptors (Lipinski definition) is 4. The predicted molar refractivity (Wildman–Crippen MR) is 114 cm³/mol.